The highest BCUT2D eigenvalue weighted by Gasteiger charge is 2.49. The Kier molecular flexibility index (Phi) is 5.38. The van der Waals surface area contributed by atoms with E-state index in [1.165, 1.54) is 4.90 Å². The highest BCUT2D eigenvalue weighted by molar-refractivity contribution is 6.06. The second-order valence-corrected chi connectivity index (χ2v) is 4.67. The first-order valence-corrected chi connectivity index (χ1v) is 6.54. The van der Waals surface area contributed by atoms with Crippen LogP contribution in [0.5, 0.6) is 0 Å². The van der Waals surface area contributed by atoms with Gasteiger partial charge in [0.25, 0.3) is 5.91 Å². The fraction of sp³-hybridized carbons (Fsp3) is 0.833. The highest BCUT2D eigenvalue weighted by Crippen LogP contribution is 2.29. The zero-order chi connectivity index (χ0) is 15.4. The summed E-state index contributed by atoms with van der Waals surface area (Å²) in [6.45, 7) is 2.38. The molecule has 0 aromatic heterocycles. The number of nitrogens with one attached hydrogen (secondary N) is 1. The number of carbonyl (C=O) groups is 2. The molecule has 0 saturated carbocycles. The molecule has 8 heteroatoms. The summed E-state index contributed by atoms with van der Waals surface area (Å²) in [5.41, 5.74) is -0.888. The second-order valence-electron chi connectivity index (χ2n) is 4.67. The number of nitrogens with zero attached hydrogens (tertiary/aromatic N) is 1. The molecule has 0 aromatic carbocycles. The van der Waals surface area contributed by atoms with Crippen molar-refractivity contribution in [1.29, 1.82) is 0 Å². The minimum Gasteiger partial charge on any atom is -0.372 e. The van der Waals surface area contributed by atoms with Crippen molar-refractivity contribution in [1.82, 2.24) is 10.2 Å². The van der Waals surface area contributed by atoms with Gasteiger partial charge in [0.1, 0.15) is 12.1 Å². The SMILES string of the molecule is CCC1(CC)C(=O)NC(=O)N1CCCOCC(F)(F)F. The molecule has 0 radical (unpaired) electrons. The van der Waals surface area contributed by atoms with Crippen molar-refractivity contribution in [3.05, 3.63) is 0 Å². The molecule has 1 rings (SSSR count). The minimum absolute atomic E-state index is 0.110. The van der Waals surface area contributed by atoms with Crippen LogP contribution >= 0.6 is 0 Å². The van der Waals surface area contributed by atoms with E-state index in [4.69, 9.17) is 0 Å². The van der Waals surface area contributed by atoms with E-state index in [0.29, 0.717) is 12.8 Å². The van der Waals surface area contributed by atoms with Crippen molar-refractivity contribution < 1.29 is 27.5 Å². The molecule has 0 spiro atoms. The summed E-state index contributed by atoms with van der Waals surface area (Å²) >= 11 is 0. The van der Waals surface area contributed by atoms with Crippen LogP contribution in [-0.2, 0) is 9.53 Å². The van der Waals surface area contributed by atoms with E-state index in [1.807, 2.05) is 0 Å². The lowest BCUT2D eigenvalue weighted by atomic mass is 9.91. The van der Waals surface area contributed by atoms with Crippen LogP contribution in [0.15, 0.2) is 0 Å². The maximum Gasteiger partial charge on any atom is 0.411 e. The first kappa shape index (κ1) is 16.7. The van der Waals surface area contributed by atoms with Crippen molar-refractivity contribution >= 4 is 11.9 Å². The van der Waals surface area contributed by atoms with E-state index in [2.05, 4.69) is 10.1 Å². The van der Waals surface area contributed by atoms with Gasteiger partial charge >= 0.3 is 12.2 Å². The monoisotopic (exact) mass is 296 g/mol. The van der Waals surface area contributed by atoms with E-state index in [1.54, 1.807) is 13.8 Å². The molecule has 3 amide bonds. The molecule has 1 heterocycles. The smallest absolute Gasteiger partial charge is 0.372 e. The standard InChI is InChI=1S/C12H19F3N2O3/c1-3-11(4-2)9(18)16-10(19)17(11)6-5-7-20-8-12(13,14)15/h3-8H2,1-2H3,(H,16,18,19). The molecule has 5 nitrogen and oxygen atoms in total. The molecule has 1 N–H and O–H groups in total. The first-order chi connectivity index (χ1) is 9.27. The fourth-order valence-corrected chi connectivity index (χ4v) is 2.38. The third kappa shape index (κ3) is 3.62. The first-order valence-electron chi connectivity index (χ1n) is 6.54. The average Bonchev–Trinajstić information content (AvgIpc) is 2.59. The number of halogens is 3. The van der Waals surface area contributed by atoms with Crippen LogP contribution in [0, 0.1) is 0 Å². The maximum atomic E-state index is 11.9. The quantitative estimate of drug-likeness (QED) is 0.578. The summed E-state index contributed by atoms with van der Waals surface area (Å²) in [4.78, 5) is 25.0. The number of ether oxygens (including phenoxy) is 1. The summed E-state index contributed by atoms with van der Waals surface area (Å²) in [7, 11) is 0. The van der Waals surface area contributed by atoms with Crippen LogP contribution < -0.4 is 5.32 Å². The molecule has 1 fully saturated rings. The van der Waals surface area contributed by atoms with E-state index in [0.717, 1.165) is 0 Å². The normalized spacial score (nSPS) is 18.6. The van der Waals surface area contributed by atoms with Gasteiger partial charge in [-0.25, -0.2) is 4.79 Å². The van der Waals surface area contributed by atoms with E-state index in [-0.39, 0.29) is 25.5 Å². The second kappa shape index (κ2) is 6.43. The molecular weight excluding hydrogens is 277 g/mol. The average molecular weight is 296 g/mol. The molecule has 0 atom stereocenters. The van der Waals surface area contributed by atoms with Gasteiger partial charge in [0, 0.05) is 13.2 Å². The molecule has 20 heavy (non-hydrogen) atoms. The number of alkyl halides is 3. The van der Waals surface area contributed by atoms with Gasteiger partial charge in [0.2, 0.25) is 0 Å². The Bertz CT molecular complexity index is 367. The van der Waals surface area contributed by atoms with Crippen molar-refractivity contribution in [2.24, 2.45) is 0 Å². The molecule has 0 bridgehead atoms. The predicted octanol–water partition coefficient (Wildman–Crippen LogP) is 2.07. The number of hydrogen-bond donors (Lipinski definition) is 1. The van der Waals surface area contributed by atoms with Crippen molar-refractivity contribution in [3.63, 3.8) is 0 Å². The molecule has 0 unspecified atom stereocenters. The van der Waals surface area contributed by atoms with E-state index >= 15 is 0 Å². The lowest BCUT2D eigenvalue weighted by Gasteiger charge is -2.33. The van der Waals surface area contributed by atoms with E-state index < -0.39 is 24.4 Å². The number of carbonyl (C=O) groups excluding carboxylic acids is 2. The lowest BCUT2D eigenvalue weighted by Crippen LogP contribution is -2.49. The zero-order valence-corrected chi connectivity index (χ0v) is 11.5. The Balaban J connectivity index is 2.49. The van der Waals surface area contributed by atoms with Gasteiger partial charge in [-0.05, 0) is 19.3 Å². The lowest BCUT2D eigenvalue weighted by molar-refractivity contribution is -0.174. The molecule has 0 aliphatic carbocycles. The fourth-order valence-electron chi connectivity index (χ4n) is 2.38. The van der Waals surface area contributed by atoms with Gasteiger partial charge in [-0.2, -0.15) is 13.2 Å². The Morgan fingerprint density at radius 3 is 2.35 bits per heavy atom. The Labute approximate surface area is 115 Å². The number of imide groups is 1. The molecule has 0 aromatic rings. The van der Waals surface area contributed by atoms with Gasteiger partial charge in [-0.3, -0.25) is 10.1 Å². The summed E-state index contributed by atoms with van der Waals surface area (Å²) in [5.74, 6) is -0.344. The highest BCUT2D eigenvalue weighted by atomic mass is 19.4. The minimum atomic E-state index is -4.35. The zero-order valence-electron chi connectivity index (χ0n) is 11.5. The van der Waals surface area contributed by atoms with E-state index in [9.17, 15) is 22.8 Å². The number of amides is 3. The Hall–Kier alpha value is -1.31. The summed E-state index contributed by atoms with van der Waals surface area (Å²) in [5, 5.41) is 2.25. The molecule has 1 aliphatic rings. The predicted molar refractivity (Wildman–Crippen MR) is 65.0 cm³/mol. The van der Waals surface area contributed by atoms with Gasteiger partial charge in [-0.1, -0.05) is 13.8 Å². The number of rotatable bonds is 7. The van der Waals surface area contributed by atoms with Gasteiger partial charge in [0.05, 0.1) is 0 Å². The van der Waals surface area contributed by atoms with Crippen LogP contribution in [0.3, 0.4) is 0 Å². The summed E-state index contributed by atoms with van der Waals surface area (Å²) in [6.07, 6.45) is -3.18. The maximum absolute atomic E-state index is 11.9. The van der Waals surface area contributed by atoms with Gasteiger partial charge in [0.15, 0.2) is 0 Å². The topological polar surface area (TPSA) is 58.6 Å². The van der Waals surface area contributed by atoms with Gasteiger partial charge < -0.3 is 9.64 Å². The van der Waals surface area contributed by atoms with Crippen LogP contribution in [0.4, 0.5) is 18.0 Å². The van der Waals surface area contributed by atoms with Gasteiger partial charge in [-0.15, -0.1) is 0 Å². The molecule has 1 aliphatic heterocycles. The summed E-state index contributed by atoms with van der Waals surface area (Å²) in [6, 6.07) is -0.491. The Morgan fingerprint density at radius 2 is 1.85 bits per heavy atom. The van der Waals surface area contributed by atoms with Crippen LogP contribution in [0.2, 0.25) is 0 Å². The Morgan fingerprint density at radius 1 is 1.25 bits per heavy atom. The summed E-state index contributed by atoms with van der Waals surface area (Å²) < 4.78 is 40.1. The van der Waals surface area contributed by atoms with Crippen LogP contribution in [0.1, 0.15) is 33.1 Å². The van der Waals surface area contributed by atoms with Crippen LogP contribution in [-0.4, -0.2) is 48.3 Å². The van der Waals surface area contributed by atoms with Crippen LogP contribution in [0.25, 0.3) is 0 Å². The third-order valence-electron chi connectivity index (χ3n) is 3.51. The van der Waals surface area contributed by atoms with Crippen molar-refractivity contribution in [2.45, 2.75) is 44.8 Å². The number of hydrogen-bond acceptors (Lipinski definition) is 3. The van der Waals surface area contributed by atoms with Crippen molar-refractivity contribution in [3.8, 4) is 0 Å². The molecular formula is C12H19F3N2O3. The number of urea groups is 1. The van der Waals surface area contributed by atoms with Crippen molar-refractivity contribution in [2.75, 3.05) is 19.8 Å². The largest absolute Gasteiger partial charge is 0.411 e. The molecule has 1 saturated heterocycles. The molecule has 116 valence electrons. The third-order valence-corrected chi connectivity index (χ3v) is 3.51.